The van der Waals surface area contributed by atoms with E-state index in [2.05, 4.69) is 10.1 Å². The first-order valence-corrected chi connectivity index (χ1v) is 10.00. The Morgan fingerprint density at radius 1 is 0.935 bits per heavy atom. The molecule has 9 heteroatoms. The second-order valence-electron chi connectivity index (χ2n) is 7.73. The van der Waals surface area contributed by atoms with Gasteiger partial charge in [-0.2, -0.15) is 0 Å². The van der Waals surface area contributed by atoms with Gasteiger partial charge < -0.3 is 24.3 Å². The maximum atomic E-state index is 12.1. The van der Waals surface area contributed by atoms with Crippen molar-refractivity contribution in [3.63, 3.8) is 0 Å². The Bertz CT molecular complexity index is 782. The van der Waals surface area contributed by atoms with Crippen molar-refractivity contribution in [2.45, 2.75) is 52.1 Å². The topological polar surface area (TPSA) is 117 Å². The Hall–Kier alpha value is -3.10. The predicted molar refractivity (Wildman–Crippen MR) is 112 cm³/mol. The number of hydrogen-bond donors (Lipinski definition) is 1. The smallest absolute Gasteiger partial charge is 0.407 e. The van der Waals surface area contributed by atoms with Crippen molar-refractivity contribution < 1.29 is 38.1 Å². The van der Waals surface area contributed by atoms with E-state index in [9.17, 15) is 19.2 Å². The molecule has 0 bridgehead atoms. The number of unbranched alkanes of at least 4 members (excludes halogenated alkanes) is 2. The molecule has 0 saturated carbocycles. The summed E-state index contributed by atoms with van der Waals surface area (Å²) in [6.45, 7) is 5.59. The van der Waals surface area contributed by atoms with Crippen molar-refractivity contribution in [2.24, 2.45) is 0 Å². The van der Waals surface area contributed by atoms with Gasteiger partial charge in [-0.1, -0.05) is 12.5 Å². The summed E-state index contributed by atoms with van der Waals surface area (Å²) < 4.78 is 20.0. The Morgan fingerprint density at radius 2 is 1.61 bits per heavy atom. The number of hydrogen-bond acceptors (Lipinski definition) is 8. The van der Waals surface area contributed by atoms with Crippen LogP contribution in [0.4, 0.5) is 4.79 Å². The van der Waals surface area contributed by atoms with Gasteiger partial charge in [-0.05, 0) is 45.7 Å². The number of ketones is 1. The number of alkyl carbamates (subject to hydrolysis) is 1. The van der Waals surface area contributed by atoms with E-state index in [1.54, 1.807) is 20.8 Å². The van der Waals surface area contributed by atoms with Crippen LogP contribution in [0.25, 0.3) is 0 Å². The summed E-state index contributed by atoms with van der Waals surface area (Å²) >= 11 is 0. The number of rotatable bonds is 11. The maximum Gasteiger partial charge on any atom is 0.407 e. The number of ether oxygens (including phenoxy) is 4. The third-order valence-corrected chi connectivity index (χ3v) is 4.01. The average Bonchev–Trinajstić information content (AvgIpc) is 2.71. The molecule has 0 atom stereocenters. The Balaban J connectivity index is 2.45. The van der Waals surface area contributed by atoms with Crippen molar-refractivity contribution in [1.82, 2.24) is 5.32 Å². The molecule has 0 spiro atoms. The molecule has 9 nitrogen and oxygen atoms in total. The second kappa shape index (κ2) is 12.6. The number of carbonyl (C=O) groups is 4. The normalized spacial score (nSPS) is 10.7. The number of benzene rings is 1. The van der Waals surface area contributed by atoms with Gasteiger partial charge in [0.2, 0.25) is 0 Å². The zero-order valence-electron chi connectivity index (χ0n) is 18.7. The van der Waals surface area contributed by atoms with Gasteiger partial charge in [0.05, 0.1) is 19.8 Å². The van der Waals surface area contributed by atoms with Gasteiger partial charge in [-0.15, -0.1) is 0 Å². The molecule has 172 valence electrons. The van der Waals surface area contributed by atoms with E-state index >= 15 is 0 Å². The molecule has 1 amide bonds. The zero-order chi connectivity index (χ0) is 23.4. The van der Waals surface area contributed by atoms with Gasteiger partial charge in [-0.3, -0.25) is 4.79 Å². The molecule has 1 rings (SSSR count). The van der Waals surface area contributed by atoms with Crippen LogP contribution in [0.3, 0.4) is 0 Å². The lowest BCUT2D eigenvalue weighted by molar-refractivity contribution is -0.121. The highest BCUT2D eigenvalue weighted by atomic mass is 16.6. The molecule has 0 radical (unpaired) electrons. The molecule has 0 unspecified atom stereocenters. The van der Waals surface area contributed by atoms with Gasteiger partial charge in [-0.25, -0.2) is 14.4 Å². The van der Waals surface area contributed by atoms with Crippen LogP contribution < -0.4 is 10.1 Å². The third kappa shape index (κ3) is 9.50. The van der Waals surface area contributed by atoms with E-state index in [1.165, 1.54) is 32.4 Å². The summed E-state index contributed by atoms with van der Waals surface area (Å²) in [4.78, 5) is 47.6. The second-order valence-corrected chi connectivity index (χ2v) is 7.73. The summed E-state index contributed by atoms with van der Waals surface area (Å²) in [6, 6.07) is 4.42. The minimum absolute atomic E-state index is 0.00298. The van der Waals surface area contributed by atoms with Crippen LogP contribution in [0.2, 0.25) is 0 Å². The van der Waals surface area contributed by atoms with Crippen LogP contribution in [-0.2, 0) is 19.0 Å². The van der Waals surface area contributed by atoms with Gasteiger partial charge in [0.15, 0.2) is 5.78 Å². The van der Waals surface area contributed by atoms with E-state index < -0.39 is 23.6 Å². The van der Waals surface area contributed by atoms with Crippen molar-refractivity contribution in [1.29, 1.82) is 0 Å². The minimum Gasteiger partial charge on any atom is -0.485 e. The Morgan fingerprint density at radius 3 is 2.23 bits per heavy atom. The van der Waals surface area contributed by atoms with Gasteiger partial charge in [0.1, 0.15) is 23.5 Å². The van der Waals surface area contributed by atoms with E-state index in [-0.39, 0.29) is 35.7 Å². The lowest BCUT2D eigenvalue weighted by atomic mass is 10.1. The molecular weight excluding hydrogens is 406 g/mol. The zero-order valence-corrected chi connectivity index (χ0v) is 18.7. The minimum atomic E-state index is -0.763. The number of carbonyl (C=O) groups excluding carboxylic acids is 4. The van der Waals surface area contributed by atoms with Crippen LogP contribution in [0.5, 0.6) is 5.75 Å². The molecule has 0 saturated heterocycles. The molecule has 1 N–H and O–H groups in total. The van der Waals surface area contributed by atoms with Crippen molar-refractivity contribution in [2.75, 3.05) is 27.4 Å². The van der Waals surface area contributed by atoms with Crippen LogP contribution in [-0.4, -0.2) is 56.8 Å². The molecule has 0 aliphatic carbocycles. The Labute approximate surface area is 182 Å². The lowest BCUT2D eigenvalue weighted by Crippen LogP contribution is -2.33. The molecule has 31 heavy (non-hydrogen) atoms. The summed E-state index contributed by atoms with van der Waals surface area (Å²) in [5.41, 5.74) is -0.629. The number of esters is 2. The number of Topliss-reactive ketones (excluding diaryl/α,β-unsaturated/α-hetero) is 1. The quantitative estimate of drug-likeness (QED) is 0.318. The molecule has 0 fully saturated rings. The fourth-order valence-electron chi connectivity index (χ4n) is 2.60. The maximum absolute atomic E-state index is 12.1. The van der Waals surface area contributed by atoms with Crippen molar-refractivity contribution in [3.8, 4) is 5.75 Å². The van der Waals surface area contributed by atoms with Crippen LogP contribution >= 0.6 is 0 Å². The standard InChI is InChI=1S/C22H31NO8/c1-22(2,3)31-21(27)23-13-8-6-7-10-15(24)14-30-17-12-9-11-16(19(25)28-4)18(17)20(26)29-5/h9,11-12H,6-8,10,13-14H2,1-5H3,(H,23,27). The number of methoxy groups -OCH3 is 2. The average molecular weight is 437 g/mol. The van der Waals surface area contributed by atoms with Gasteiger partial charge in [0, 0.05) is 13.0 Å². The summed E-state index contributed by atoms with van der Waals surface area (Å²) in [5, 5.41) is 2.66. The van der Waals surface area contributed by atoms with E-state index in [4.69, 9.17) is 14.2 Å². The predicted octanol–water partition coefficient (Wildman–Crippen LogP) is 3.29. The lowest BCUT2D eigenvalue weighted by Gasteiger charge is -2.19. The molecule has 1 aromatic carbocycles. The van der Waals surface area contributed by atoms with Crippen LogP contribution in [0, 0.1) is 0 Å². The molecular formula is C22H31NO8. The number of nitrogens with one attached hydrogen (secondary N) is 1. The van der Waals surface area contributed by atoms with Crippen LogP contribution in [0.15, 0.2) is 18.2 Å². The fourth-order valence-corrected chi connectivity index (χ4v) is 2.60. The molecule has 0 aliphatic heterocycles. The van der Waals surface area contributed by atoms with E-state index in [1.807, 2.05) is 0 Å². The Kier molecular flexibility index (Phi) is 10.5. The highest BCUT2D eigenvalue weighted by Gasteiger charge is 2.23. The third-order valence-electron chi connectivity index (χ3n) is 4.01. The largest absolute Gasteiger partial charge is 0.485 e. The van der Waals surface area contributed by atoms with Gasteiger partial charge >= 0.3 is 18.0 Å². The first kappa shape index (κ1) is 25.9. The first-order chi connectivity index (χ1) is 14.6. The monoisotopic (exact) mass is 437 g/mol. The molecule has 0 aliphatic rings. The SMILES string of the molecule is COC(=O)c1cccc(OCC(=O)CCCCCNC(=O)OC(C)(C)C)c1C(=O)OC. The van der Waals surface area contributed by atoms with E-state index in [0.29, 0.717) is 19.4 Å². The fraction of sp³-hybridized carbons (Fsp3) is 0.545. The molecule has 1 aromatic rings. The van der Waals surface area contributed by atoms with Gasteiger partial charge in [0.25, 0.3) is 0 Å². The van der Waals surface area contributed by atoms with Crippen molar-refractivity contribution in [3.05, 3.63) is 29.3 Å². The first-order valence-electron chi connectivity index (χ1n) is 10.00. The molecule has 0 heterocycles. The summed E-state index contributed by atoms with van der Waals surface area (Å²) in [7, 11) is 2.38. The highest BCUT2D eigenvalue weighted by molar-refractivity contribution is 6.05. The highest BCUT2D eigenvalue weighted by Crippen LogP contribution is 2.24. The summed E-state index contributed by atoms with van der Waals surface area (Å²) in [6.07, 6.45) is 1.90. The van der Waals surface area contributed by atoms with Crippen LogP contribution in [0.1, 0.15) is 67.2 Å². The van der Waals surface area contributed by atoms with Crippen molar-refractivity contribution >= 4 is 23.8 Å². The molecule has 0 aromatic heterocycles. The summed E-state index contributed by atoms with van der Waals surface area (Å²) in [5.74, 6) is -1.55. The van der Waals surface area contributed by atoms with E-state index in [0.717, 1.165) is 6.42 Å². The number of amides is 1.